The van der Waals surface area contributed by atoms with Crippen molar-refractivity contribution in [3.63, 3.8) is 0 Å². The van der Waals surface area contributed by atoms with Gasteiger partial charge in [0.25, 0.3) is 0 Å². The van der Waals surface area contributed by atoms with E-state index in [4.69, 9.17) is 5.73 Å². The van der Waals surface area contributed by atoms with Gasteiger partial charge >= 0.3 is 0 Å². The van der Waals surface area contributed by atoms with Gasteiger partial charge in [-0.25, -0.2) is 4.39 Å². The van der Waals surface area contributed by atoms with Crippen molar-refractivity contribution in [2.75, 3.05) is 5.73 Å². The minimum Gasteiger partial charge on any atom is -0.508 e. The first kappa shape index (κ1) is 10.7. The molecule has 0 amide bonds. The molecule has 3 rings (SSSR count). The van der Waals surface area contributed by atoms with Crippen LogP contribution >= 0.6 is 0 Å². The molecule has 90 valence electrons. The summed E-state index contributed by atoms with van der Waals surface area (Å²) >= 11 is 0. The quantitative estimate of drug-likeness (QED) is 0.573. The highest BCUT2D eigenvalue weighted by Crippen LogP contribution is 2.27. The number of hydrogen-bond acceptors (Lipinski definition) is 2. The average molecular weight is 242 g/mol. The van der Waals surface area contributed by atoms with E-state index in [-0.39, 0.29) is 11.4 Å². The topological polar surface area (TPSA) is 62.0 Å². The number of nitrogen functional groups attached to an aromatic ring is 1. The number of benzene rings is 2. The fourth-order valence-electron chi connectivity index (χ4n) is 1.97. The summed E-state index contributed by atoms with van der Waals surface area (Å²) < 4.78 is 13.3. The van der Waals surface area contributed by atoms with Crippen molar-refractivity contribution in [2.24, 2.45) is 0 Å². The van der Waals surface area contributed by atoms with Crippen LogP contribution in [0, 0.1) is 5.82 Å². The molecular weight excluding hydrogens is 231 g/mol. The number of anilines is 1. The molecule has 0 spiro atoms. The van der Waals surface area contributed by atoms with Crippen molar-refractivity contribution >= 4 is 16.6 Å². The van der Waals surface area contributed by atoms with Crippen LogP contribution in [0.2, 0.25) is 0 Å². The van der Waals surface area contributed by atoms with Gasteiger partial charge in [0.05, 0.1) is 5.69 Å². The van der Waals surface area contributed by atoms with E-state index in [1.165, 1.54) is 6.07 Å². The van der Waals surface area contributed by atoms with Crippen molar-refractivity contribution in [1.29, 1.82) is 0 Å². The standard InChI is InChI=1S/C14H11FN2O/c15-11-7-14-9(5-12(11)16)6-13(17-14)8-1-3-10(18)4-2-8/h1-7,17-18H,16H2. The third kappa shape index (κ3) is 1.68. The van der Waals surface area contributed by atoms with Crippen LogP contribution in [0.5, 0.6) is 5.75 Å². The Morgan fingerprint density at radius 3 is 2.50 bits per heavy atom. The summed E-state index contributed by atoms with van der Waals surface area (Å²) in [5.74, 6) is -0.216. The van der Waals surface area contributed by atoms with E-state index in [0.29, 0.717) is 5.52 Å². The highest BCUT2D eigenvalue weighted by molar-refractivity contribution is 5.88. The molecule has 0 fully saturated rings. The number of H-pyrrole nitrogens is 1. The highest BCUT2D eigenvalue weighted by atomic mass is 19.1. The molecule has 0 saturated heterocycles. The van der Waals surface area contributed by atoms with E-state index in [9.17, 15) is 9.50 Å². The van der Waals surface area contributed by atoms with Crippen molar-refractivity contribution in [2.45, 2.75) is 0 Å². The number of nitrogens with one attached hydrogen (secondary N) is 1. The molecule has 3 aromatic rings. The summed E-state index contributed by atoms with van der Waals surface area (Å²) in [5, 5.41) is 10.1. The zero-order valence-corrected chi connectivity index (χ0v) is 9.44. The Balaban J connectivity index is 2.16. The molecule has 0 unspecified atom stereocenters. The largest absolute Gasteiger partial charge is 0.508 e. The average Bonchev–Trinajstić information content (AvgIpc) is 2.73. The van der Waals surface area contributed by atoms with Crippen LogP contribution in [0.1, 0.15) is 0 Å². The molecule has 0 radical (unpaired) electrons. The smallest absolute Gasteiger partial charge is 0.148 e. The maximum Gasteiger partial charge on any atom is 0.148 e. The second-order valence-corrected chi connectivity index (χ2v) is 4.19. The van der Waals surface area contributed by atoms with E-state index in [1.54, 1.807) is 30.3 Å². The van der Waals surface area contributed by atoms with Gasteiger partial charge in [-0.1, -0.05) is 0 Å². The fourth-order valence-corrected chi connectivity index (χ4v) is 1.97. The second kappa shape index (κ2) is 3.77. The highest BCUT2D eigenvalue weighted by Gasteiger charge is 2.06. The summed E-state index contributed by atoms with van der Waals surface area (Å²) in [6, 6.07) is 11.7. The normalized spacial score (nSPS) is 10.9. The summed E-state index contributed by atoms with van der Waals surface area (Å²) in [6.45, 7) is 0. The van der Waals surface area contributed by atoms with Crippen molar-refractivity contribution < 1.29 is 9.50 Å². The SMILES string of the molecule is Nc1cc2cc(-c3ccc(O)cc3)[nH]c2cc1F. The number of hydrogen-bond donors (Lipinski definition) is 3. The fraction of sp³-hybridized carbons (Fsp3) is 0. The molecule has 3 nitrogen and oxygen atoms in total. The summed E-state index contributed by atoms with van der Waals surface area (Å²) in [4.78, 5) is 3.12. The third-order valence-electron chi connectivity index (χ3n) is 2.92. The molecule has 2 aromatic carbocycles. The number of nitrogens with two attached hydrogens (primary N) is 1. The van der Waals surface area contributed by atoms with Crippen LogP contribution < -0.4 is 5.73 Å². The number of phenols is 1. The molecule has 1 aromatic heterocycles. The first-order valence-electron chi connectivity index (χ1n) is 5.50. The lowest BCUT2D eigenvalue weighted by Crippen LogP contribution is -1.88. The Morgan fingerprint density at radius 1 is 1.06 bits per heavy atom. The molecular formula is C14H11FN2O. The van der Waals surface area contributed by atoms with E-state index in [0.717, 1.165) is 16.6 Å². The van der Waals surface area contributed by atoms with Crippen molar-refractivity contribution in [1.82, 2.24) is 4.98 Å². The number of rotatable bonds is 1. The number of phenolic OH excluding ortho intramolecular Hbond substituents is 1. The van der Waals surface area contributed by atoms with Gasteiger partial charge in [0.15, 0.2) is 0 Å². The predicted molar refractivity (Wildman–Crippen MR) is 69.8 cm³/mol. The van der Waals surface area contributed by atoms with Gasteiger partial charge in [-0.2, -0.15) is 0 Å². The van der Waals surface area contributed by atoms with Crippen LogP contribution in [0.3, 0.4) is 0 Å². The lowest BCUT2D eigenvalue weighted by molar-refractivity contribution is 0.475. The minimum atomic E-state index is -0.429. The maximum absolute atomic E-state index is 13.3. The Bertz CT molecular complexity index is 677. The molecule has 0 aliphatic heterocycles. The van der Waals surface area contributed by atoms with E-state index in [2.05, 4.69) is 4.98 Å². The first-order valence-corrected chi connectivity index (χ1v) is 5.50. The van der Waals surface area contributed by atoms with Crippen LogP contribution in [-0.2, 0) is 0 Å². The van der Waals surface area contributed by atoms with E-state index < -0.39 is 5.82 Å². The van der Waals surface area contributed by atoms with Gasteiger partial charge in [-0.15, -0.1) is 0 Å². The molecule has 0 saturated carbocycles. The molecule has 4 heteroatoms. The Hall–Kier alpha value is -2.49. The summed E-state index contributed by atoms with van der Waals surface area (Å²) in [6.07, 6.45) is 0. The number of aromatic nitrogens is 1. The van der Waals surface area contributed by atoms with Gasteiger partial charge in [-0.05, 0) is 42.0 Å². The number of aromatic hydroxyl groups is 1. The third-order valence-corrected chi connectivity index (χ3v) is 2.92. The lowest BCUT2D eigenvalue weighted by atomic mass is 10.1. The van der Waals surface area contributed by atoms with Crippen LogP contribution in [-0.4, -0.2) is 10.1 Å². The van der Waals surface area contributed by atoms with Crippen LogP contribution in [0.4, 0.5) is 10.1 Å². The van der Waals surface area contributed by atoms with Crippen LogP contribution in [0.25, 0.3) is 22.2 Å². The summed E-state index contributed by atoms with van der Waals surface area (Å²) in [5.41, 5.74) is 8.14. The second-order valence-electron chi connectivity index (χ2n) is 4.19. The zero-order valence-electron chi connectivity index (χ0n) is 9.44. The number of halogens is 1. The molecule has 0 aliphatic rings. The monoisotopic (exact) mass is 242 g/mol. The summed E-state index contributed by atoms with van der Waals surface area (Å²) in [7, 11) is 0. The Labute approximate surface area is 103 Å². The van der Waals surface area contributed by atoms with E-state index in [1.807, 2.05) is 6.07 Å². The predicted octanol–water partition coefficient (Wildman–Crippen LogP) is 3.26. The van der Waals surface area contributed by atoms with Gasteiger partial charge in [0.1, 0.15) is 11.6 Å². The number of fused-ring (bicyclic) bond motifs is 1. The van der Waals surface area contributed by atoms with Gasteiger partial charge in [-0.3, -0.25) is 0 Å². The molecule has 0 aliphatic carbocycles. The minimum absolute atomic E-state index is 0.138. The van der Waals surface area contributed by atoms with E-state index >= 15 is 0 Å². The molecule has 18 heavy (non-hydrogen) atoms. The van der Waals surface area contributed by atoms with Crippen molar-refractivity contribution in [3.8, 4) is 17.0 Å². The molecule has 1 heterocycles. The molecule has 4 N–H and O–H groups in total. The molecule has 0 bridgehead atoms. The van der Waals surface area contributed by atoms with Crippen LogP contribution in [0.15, 0.2) is 42.5 Å². The van der Waals surface area contributed by atoms with Crippen molar-refractivity contribution in [3.05, 3.63) is 48.3 Å². The lowest BCUT2D eigenvalue weighted by Gasteiger charge is -1.97. The zero-order chi connectivity index (χ0) is 12.7. The molecule has 0 atom stereocenters. The number of aromatic amines is 1. The van der Waals surface area contributed by atoms with Gasteiger partial charge < -0.3 is 15.8 Å². The Kier molecular flexibility index (Phi) is 2.23. The van der Waals surface area contributed by atoms with Gasteiger partial charge in [0, 0.05) is 22.7 Å². The Morgan fingerprint density at radius 2 is 1.78 bits per heavy atom. The first-order chi connectivity index (χ1) is 8.63. The van der Waals surface area contributed by atoms with Gasteiger partial charge in [0.2, 0.25) is 0 Å². The maximum atomic E-state index is 13.3.